The first-order valence-electron chi connectivity index (χ1n) is 10.1. The lowest BCUT2D eigenvalue weighted by Gasteiger charge is -2.23. The molecule has 2 N–H and O–H groups in total. The zero-order chi connectivity index (χ0) is 20.9. The second-order valence-electron chi connectivity index (χ2n) is 7.80. The molecule has 0 bridgehead atoms. The molecule has 156 valence electrons. The van der Waals surface area contributed by atoms with Gasteiger partial charge in [-0.15, -0.1) is 0 Å². The second kappa shape index (κ2) is 9.52. The number of benzene rings is 2. The third-order valence-corrected chi connectivity index (χ3v) is 7.18. The van der Waals surface area contributed by atoms with E-state index in [4.69, 9.17) is 0 Å². The van der Waals surface area contributed by atoms with Gasteiger partial charge < -0.3 is 10.2 Å². The molecule has 2 aromatic carbocycles. The highest BCUT2D eigenvalue weighted by atomic mass is 32.2. The van der Waals surface area contributed by atoms with Crippen LogP contribution in [0.2, 0.25) is 0 Å². The number of amides is 1. The SMILES string of the molecule is CN(C)S(=O)(=O)c1cccc(C(=O)NCc2ccc(C[NH+]3CCCCC3)cc2)c1. The van der Waals surface area contributed by atoms with Gasteiger partial charge in [0.15, 0.2) is 0 Å². The summed E-state index contributed by atoms with van der Waals surface area (Å²) in [6, 6.07) is 14.5. The quantitative estimate of drug-likeness (QED) is 0.718. The molecule has 0 saturated carbocycles. The summed E-state index contributed by atoms with van der Waals surface area (Å²) in [5.41, 5.74) is 2.67. The molecule has 1 aliphatic heterocycles. The topological polar surface area (TPSA) is 70.9 Å². The third-order valence-electron chi connectivity index (χ3n) is 5.37. The van der Waals surface area contributed by atoms with Crippen LogP contribution in [0.3, 0.4) is 0 Å². The number of rotatable bonds is 7. The molecule has 0 spiro atoms. The summed E-state index contributed by atoms with van der Waals surface area (Å²) in [5.74, 6) is -0.289. The Morgan fingerprint density at radius 1 is 1.00 bits per heavy atom. The number of quaternary nitrogens is 1. The van der Waals surface area contributed by atoms with Crippen LogP contribution in [0.4, 0.5) is 0 Å². The Bertz CT molecular complexity index is 934. The molecule has 29 heavy (non-hydrogen) atoms. The lowest BCUT2D eigenvalue weighted by atomic mass is 10.1. The minimum atomic E-state index is -3.57. The van der Waals surface area contributed by atoms with Crippen molar-refractivity contribution in [2.24, 2.45) is 0 Å². The van der Waals surface area contributed by atoms with Crippen molar-refractivity contribution in [1.82, 2.24) is 9.62 Å². The van der Waals surface area contributed by atoms with Crippen LogP contribution in [-0.2, 0) is 23.1 Å². The van der Waals surface area contributed by atoms with E-state index in [0.717, 1.165) is 16.4 Å². The maximum Gasteiger partial charge on any atom is 0.251 e. The van der Waals surface area contributed by atoms with Gasteiger partial charge in [-0.1, -0.05) is 30.3 Å². The van der Waals surface area contributed by atoms with Gasteiger partial charge in [0.25, 0.3) is 5.91 Å². The molecule has 1 aliphatic rings. The molecule has 0 atom stereocenters. The standard InChI is InChI=1S/C22H29N3O3S/c1-24(2)29(27,28)21-8-6-7-20(15-21)22(26)23-16-18-9-11-19(12-10-18)17-25-13-4-3-5-14-25/h6-12,15H,3-5,13-14,16-17H2,1-2H3,(H,23,26)/p+1. The van der Waals surface area contributed by atoms with Crippen molar-refractivity contribution in [3.63, 3.8) is 0 Å². The third kappa shape index (κ3) is 5.65. The Labute approximate surface area is 173 Å². The molecule has 3 rings (SSSR count). The van der Waals surface area contributed by atoms with Crippen LogP contribution in [0.15, 0.2) is 53.4 Å². The molecule has 1 heterocycles. The number of carbonyl (C=O) groups is 1. The summed E-state index contributed by atoms with van der Waals surface area (Å²) in [6.45, 7) is 3.96. The summed E-state index contributed by atoms with van der Waals surface area (Å²) < 4.78 is 25.6. The first kappa shape index (κ1) is 21.5. The summed E-state index contributed by atoms with van der Waals surface area (Å²) in [7, 11) is -0.624. The van der Waals surface area contributed by atoms with Gasteiger partial charge in [-0.2, -0.15) is 0 Å². The average Bonchev–Trinajstić information content (AvgIpc) is 2.73. The molecule has 2 aromatic rings. The van der Waals surface area contributed by atoms with E-state index in [1.165, 1.54) is 64.1 Å². The van der Waals surface area contributed by atoms with Gasteiger partial charge in [0.2, 0.25) is 10.0 Å². The number of hydrogen-bond acceptors (Lipinski definition) is 3. The fraction of sp³-hybridized carbons (Fsp3) is 0.409. The summed E-state index contributed by atoms with van der Waals surface area (Å²) in [6.07, 6.45) is 3.99. The zero-order valence-electron chi connectivity index (χ0n) is 17.1. The molecule has 1 saturated heterocycles. The predicted molar refractivity (Wildman–Crippen MR) is 113 cm³/mol. The Morgan fingerprint density at radius 3 is 2.31 bits per heavy atom. The molecular formula is C22H30N3O3S+. The predicted octanol–water partition coefficient (Wildman–Crippen LogP) is 1.44. The van der Waals surface area contributed by atoms with E-state index in [2.05, 4.69) is 17.4 Å². The van der Waals surface area contributed by atoms with E-state index in [-0.39, 0.29) is 10.8 Å². The molecular weight excluding hydrogens is 386 g/mol. The minimum Gasteiger partial charge on any atom is -0.348 e. The van der Waals surface area contributed by atoms with E-state index >= 15 is 0 Å². The molecule has 1 amide bonds. The Hall–Kier alpha value is -2.22. The first-order valence-corrected chi connectivity index (χ1v) is 11.5. The van der Waals surface area contributed by atoms with Gasteiger partial charge in [0.05, 0.1) is 18.0 Å². The van der Waals surface area contributed by atoms with Gasteiger partial charge in [0, 0.05) is 31.8 Å². The smallest absolute Gasteiger partial charge is 0.251 e. The van der Waals surface area contributed by atoms with Crippen molar-refractivity contribution in [1.29, 1.82) is 0 Å². The van der Waals surface area contributed by atoms with Crippen LogP contribution in [0.5, 0.6) is 0 Å². The van der Waals surface area contributed by atoms with Crippen molar-refractivity contribution in [2.45, 2.75) is 37.2 Å². The van der Waals surface area contributed by atoms with Crippen LogP contribution in [0, 0.1) is 0 Å². The summed E-state index contributed by atoms with van der Waals surface area (Å²) in [4.78, 5) is 14.2. The minimum absolute atomic E-state index is 0.111. The number of carbonyl (C=O) groups excluding carboxylic acids is 1. The number of nitrogens with one attached hydrogen (secondary N) is 2. The highest BCUT2D eigenvalue weighted by molar-refractivity contribution is 7.89. The fourth-order valence-corrected chi connectivity index (χ4v) is 4.53. The molecule has 0 radical (unpaired) electrons. The van der Waals surface area contributed by atoms with Crippen molar-refractivity contribution < 1.29 is 18.1 Å². The molecule has 0 aromatic heterocycles. The van der Waals surface area contributed by atoms with E-state index in [0.29, 0.717) is 12.1 Å². The van der Waals surface area contributed by atoms with Crippen molar-refractivity contribution in [2.75, 3.05) is 27.2 Å². The summed E-state index contributed by atoms with van der Waals surface area (Å²) >= 11 is 0. The number of hydrogen-bond donors (Lipinski definition) is 2. The second-order valence-corrected chi connectivity index (χ2v) is 9.95. The first-order chi connectivity index (χ1) is 13.9. The van der Waals surface area contributed by atoms with Crippen molar-refractivity contribution >= 4 is 15.9 Å². The number of nitrogens with zero attached hydrogens (tertiary/aromatic N) is 1. The Morgan fingerprint density at radius 2 is 1.66 bits per heavy atom. The van der Waals surface area contributed by atoms with Crippen LogP contribution >= 0.6 is 0 Å². The molecule has 7 heteroatoms. The van der Waals surface area contributed by atoms with E-state index in [9.17, 15) is 13.2 Å². The van der Waals surface area contributed by atoms with Gasteiger partial charge >= 0.3 is 0 Å². The monoisotopic (exact) mass is 416 g/mol. The molecule has 6 nitrogen and oxygen atoms in total. The largest absolute Gasteiger partial charge is 0.348 e. The van der Waals surface area contributed by atoms with Gasteiger partial charge in [-0.05, 0) is 43.0 Å². The van der Waals surface area contributed by atoms with Crippen molar-refractivity contribution in [3.05, 3.63) is 65.2 Å². The zero-order valence-corrected chi connectivity index (χ0v) is 18.0. The lowest BCUT2D eigenvalue weighted by Crippen LogP contribution is -3.11. The highest BCUT2D eigenvalue weighted by Gasteiger charge is 2.18. The average molecular weight is 417 g/mol. The maximum atomic E-state index is 12.5. The Balaban J connectivity index is 1.58. The fourth-order valence-electron chi connectivity index (χ4n) is 3.59. The van der Waals surface area contributed by atoms with Crippen LogP contribution in [0.1, 0.15) is 40.7 Å². The van der Waals surface area contributed by atoms with E-state index in [1.54, 1.807) is 17.0 Å². The maximum absolute atomic E-state index is 12.5. The van der Waals surface area contributed by atoms with E-state index in [1.807, 2.05) is 12.1 Å². The molecule has 0 unspecified atom stereocenters. The molecule has 0 aliphatic carbocycles. The lowest BCUT2D eigenvalue weighted by molar-refractivity contribution is -0.918. The Kier molecular flexibility index (Phi) is 7.05. The summed E-state index contributed by atoms with van der Waals surface area (Å²) in [5, 5.41) is 2.87. The van der Waals surface area contributed by atoms with Crippen LogP contribution in [-0.4, -0.2) is 45.8 Å². The molecule has 1 fully saturated rings. The van der Waals surface area contributed by atoms with Crippen LogP contribution < -0.4 is 10.2 Å². The van der Waals surface area contributed by atoms with Crippen molar-refractivity contribution in [3.8, 4) is 0 Å². The number of sulfonamides is 1. The number of likely N-dealkylation sites (tertiary alicyclic amines) is 1. The van der Waals surface area contributed by atoms with Gasteiger partial charge in [-0.3, -0.25) is 4.79 Å². The highest BCUT2D eigenvalue weighted by Crippen LogP contribution is 2.15. The van der Waals surface area contributed by atoms with Gasteiger partial charge in [0.1, 0.15) is 6.54 Å². The van der Waals surface area contributed by atoms with Crippen LogP contribution in [0.25, 0.3) is 0 Å². The number of piperidine rings is 1. The normalized spacial score (nSPS) is 15.4. The van der Waals surface area contributed by atoms with E-state index < -0.39 is 10.0 Å². The van der Waals surface area contributed by atoms with Gasteiger partial charge in [-0.25, -0.2) is 12.7 Å².